The molecule has 2 aromatic carbocycles. The minimum absolute atomic E-state index is 0.626. The zero-order valence-corrected chi connectivity index (χ0v) is 18.1. The molecule has 1 heterocycles. The molecule has 0 spiro atoms. The molecule has 4 rings (SSSR count). The highest BCUT2D eigenvalue weighted by atomic mass is 35.5. The SMILES string of the molecule is Cc1c(CNC2CCCC2)cc(-c2ccc(Cl)cc2Cl)n1-c1ccc(Cl)cc1. The first kappa shape index (κ1) is 19.8. The smallest absolute Gasteiger partial charge is 0.0549 e. The maximum Gasteiger partial charge on any atom is 0.0549 e. The first-order valence-electron chi connectivity index (χ1n) is 9.69. The molecule has 1 aromatic heterocycles. The number of aromatic nitrogens is 1. The fourth-order valence-electron chi connectivity index (χ4n) is 4.04. The van der Waals surface area contributed by atoms with Gasteiger partial charge in [-0.2, -0.15) is 0 Å². The van der Waals surface area contributed by atoms with E-state index in [0.717, 1.165) is 28.5 Å². The molecule has 1 aliphatic rings. The Bertz CT molecular complexity index is 970. The van der Waals surface area contributed by atoms with Crippen LogP contribution in [0.2, 0.25) is 15.1 Å². The van der Waals surface area contributed by atoms with Crippen LogP contribution in [0.4, 0.5) is 0 Å². The summed E-state index contributed by atoms with van der Waals surface area (Å²) in [4.78, 5) is 0. The number of hydrogen-bond donors (Lipinski definition) is 1. The summed E-state index contributed by atoms with van der Waals surface area (Å²) in [6.45, 7) is 3.02. The third-order valence-electron chi connectivity index (χ3n) is 5.58. The predicted molar refractivity (Wildman–Crippen MR) is 120 cm³/mol. The van der Waals surface area contributed by atoms with Gasteiger partial charge in [-0.1, -0.05) is 47.6 Å². The summed E-state index contributed by atoms with van der Waals surface area (Å²) in [5.74, 6) is 0. The molecule has 1 aliphatic carbocycles. The molecule has 3 aromatic rings. The minimum atomic E-state index is 0.626. The van der Waals surface area contributed by atoms with E-state index < -0.39 is 0 Å². The van der Waals surface area contributed by atoms with Crippen LogP contribution in [-0.4, -0.2) is 10.6 Å². The molecule has 1 saturated carbocycles. The van der Waals surface area contributed by atoms with Gasteiger partial charge in [0.15, 0.2) is 0 Å². The topological polar surface area (TPSA) is 17.0 Å². The van der Waals surface area contributed by atoms with Crippen LogP contribution in [0.1, 0.15) is 36.9 Å². The molecule has 0 bridgehead atoms. The van der Waals surface area contributed by atoms with E-state index in [1.165, 1.54) is 36.9 Å². The van der Waals surface area contributed by atoms with Crippen molar-refractivity contribution in [2.24, 2.45) is 0 Å². The van der Waals surface area contributed by atoms with Crippen molar-refractivity contribution in [3.63, 3.8) is 0 Å². The Labute approximate surface area is 181 Å². The Morgan fingerprint density at radius 3 is 2.29 bits per heavy atom. The van der Waals surface area contributed by atoms with Crippen molar-refractivity contribution in [2.45, 2.75) is 45.2 Å². The van der Waals surface area contributed by atoms with Gasteiger partial charge in [-0.15, -0.1) is 0 Å². The van der Waals surface area contributed by atoms with E-state index in [0.29, 0.717) is 16.1 Å². The average Bonchev–Trinajstić information content (AvgIpc) is 3.29. The van der Waals surface area contributed by atoms with E-state index in [9.17, 15) is 0 Å². The second kappa shape index (κ2) is 8.51. The van der Waals surface area contributed by atoms with Gasteiger partial charge in [0.25, 0.3) is 0 Å². The monoisotopic (exact) mass is 432 g/mol. The lowest BCUT2D eigenvalue weighted by molar-refractivity contribution is 0.523. The van der Waals surface area contributed by atoms with Crippen molar-refractivity contribution in [1.29, 1.82) is 0 Å². The van der Waals surface area contributed by atoms with Gasteiger partial charge in [-0.25, -0.2) is 0 Å². The molecule has 0 amide bonds. The van der Waals surface area contributed by atoms with E-state index in [4.69, 9.17) is 34.8 Å². The largest absolute Gasteiger partial charge is 0.314 e. The van der Waals surface area contributed by atoms with Crippen molar-refractivity contribution >= 4 is 34.8 Å². The van der Waals surface area contributed by atoms with Crippen LogP contribution < -0.4 is 5.32 Å². The third-order valence-corrected chi connectivity index (χ3v) is 6.38. The van der Waals surface area contributed by atoms with Crippen LogP contribution in [0, 0.1) is 6.92 Å². The standard InChI is InChI=1S/C23H23Cl3N2/c1-15-16(14-27-19-4-2-3-5-19)12-23(21-11-8-18(25)13-22(21)26)28(15)20-9-6-17(24)7-10-20/h6-13,19,27H,2-5,14H2,1H3. The zero-order valence-electron chi connectivity index (χ0n) is 15.8. The Hall–Kier alpha value is -1.45. The number of rotatable bonds is 5. The minimum Gasteiger partial charge on any atom is -0.314 e. The lowest BCUT2D eigenvalue weighted by Gasteiger charge is -2.14. The summed E-state index contributed by atoms with van der Waals surface area (Å²) in [7, 11) is 0. The fraction of sp³-hybridized carbons (Fsp3) is 0.304. The Balaban J connectivity index is 1.77. The van der Waals surface area contributed by atoms with Crippen LogP contribution in [0.25, 0.3) is 16.9 Å². The molecular formula is C23H23Cl3N2. The maximum atomic E-state index is 6.56. The highest BCUT2D eigenvalue weighted by Gasteiger charge is 2.19. The molecule has 2 nitrogen and oxygen atoms in total. The maximum absolute atomic E-state index is 6.56. The molecule has 146 valence electrons. The summed E-state index contributed by atoms with van der Waals surface area (Å²) in [5, 5.41) is 5.74. The fourth-order valence-corrected chi connectivity index (χ4v) is 4.67. The van der Waals surface area contributed by atoms with Crippen LogP contribution in [-0.2, 0) is 6.54 Å². The van der Waals surface area contributed by atoms with Crippen molar-refractivity contribution in [2.75, 3.05) is 0 Å². The van der Waals surface area contributed by atoms with Crippen molar-refractivity contribution in [3.05, 3.63) is 74.9 Å². The van der Waals surface area contributed by atoms with E-state index >= 15 is 0 Å². The predicted octanol–water partition coefficient (Wildman–Crippen LogP) is 7.45. The quantitative estimate of drug-likeness (QED) is 0.442. The number of benzene rings is 2. The van der Waals surface area contributed by atoms with Crippen LogP contribution in [0.5, 0.6) is 0 Å². The van der Waals surface area contributed by atoms with Gasteiger partial charge in [-0.05, 0) is 73.9 Å². The van der Waals surface area contributed by atoms with E-state index in [2.05, 4.69) is 22.9 Å². The third kappa shape index (κ3) is 4.11. The van der Waals surface area contributed by atoms with Crippen molar-refractivity contribution < 1.29 is 0 Å². The number of nitrogens with zero attached hydrogens (tertiary/aromatic N) is 1. The molecule has 28 heavy (non-hydrogen) atoms. The van der Waals surface area contributed by atoms with E-state index in [-0.39, 0.29) is 0 Å². The number of halogens is 3. The van der Waals surface area contributed by atoms with Gasteiger partial charge in [0.1, 0.15) is 0 Å². The number of hydrogen-bond acceptors (Lipinski definition) is 1. The molecule has 1 fully saturated rings. The average molecular weight is 434 g/mol. The van der Waals surface area contributed by atoms with Gasteiger partial charge in [-0.3, -0.25) is 0 Å². The highest BCUT2D eigenvalue weighted by molar-refractivity contribution is 6.36. The zero-order chi connectivity index (χ0) is 19.7. The molecule has 5 heteroatoms. The summed E-state index contributed by atoms with van der Waals surface area (Å²) in [6.07, 6.45) is 5.20. The molecule has 0 aliphatic heterocycles. The van der Waals surface area contributed by atoms with Crippen LogP contribution >= 0.6 is 34.8 Å². The molecule has 0 unspecified atom stereocenters. The summed E-state index contributed by atoms with van der Waals surface area (Å²) >= 11 is 18.8. The van der Waals surface area contributed by atoms with Crippen molar-refractivity contribution in [1.82, 2.24) is 9.88 Å². The molecular weight excluding hydrogens is 411 g/mol. The van der Waals surface area contributed by atoms with Gasteiger partial charge in [0.05, 0.1) is 10.7 Å². The Morgan fingerprint density at radius 1 is 0.929 bits per heavy atom. The summed E-state index contributed by atoms with van der Waals surface area (Å²) in [6, 6.07) is 16.4. The van der Waals surface area contributed by atoms with Crippen LogP contribution in [0.3, 0.4) is 0 Å². The van der Waals surface area contributed by atoms with Gasteiger partial charge < -0.3 is 9.88 Å². The molecule has 0 atom stereocenters. The summed E-state index contributed by atoms with van der Waals surface area (Å²) < 4.78 is 2.25. The second-order valence-corrected chi connectivity index (χ2v) is 8.72. The van der Waals surface area contributed by atoms with Crippen molar-refractivity contribution in [3.8, 4) is 16.9 Å². The Kier molecular flexibility index (Phi) is 6.03. The lowest BCUT2D eigenvalue weighted by Crippen LogP contribution is -2.25. The Morgan fingerprint density at radius 2 is 1.61 bits per heavy atom. The van der Waals surface area contributed by atoms with E-state index in [1.807, 2.05) is 36.4 Å². The second-order valence-electron chi connectivity index (χ2n) is 7.44. The summed E-state index contributed by atoms with van der Waals surface area (Å²) in [5.41, 5.74) is 5.58. The van der Waals surface area contributed by atoms with Crippen LogP contribution in [0.15, 0.2) is 48.5 Å². The normalized spacial score (nSPS) is 14.7. The van der Waals surface area contributed by atoms with E-state index in [1.54, 1.807) is 6.07 Å². The van der Waals surface area contributed by atoms with Gasteiger partial charge in [0.2, 0.25) is 0 Å². The highest BCUT2D eigenvalue weighted by Crippen LogP contribution is 2.35. The van der Waals surface area contributed by atoms with Gasteiger partial charge >= 0.3 is 0 Å². The first-order chi connectivity index (χ1) is 13.5. The molecule has 0 saturated heterocycles. The molecule has 1 N–H and O–H groups in total. The lowest BCUT2D eigenvalue weighted by atomic mass is 10.1. The number of nitrogens with one attached hydrogen (secondary N) is 1. The molecule has 0 radical (unpaired) electrons. The first-order valence-corrected chi connectivity index (χ1v) is 10.8. The van der Waals surface area contributed by atoms with Gasteiger partial charge in [0, 0.05) is 39.6 Å².